The van der Waals surface area contributed by atoms with Gasteiger partial charge in [0.25, 0.3) is 20.2 Å². The molecule has 8 heteroatoms. The van der Waals surface area contributed by atoms with Crippen molar-refractivity contribution in [2.45, 2.75) is 16.7 Å². The Morgan fingerprint density at radius 2 is 1.19 bits per heavy atom. The highest BCUT2D eigenvalue weighted by molar-refractivity contribution is 7.87. The molecule has 2 rings (SSSR count). The molecule has 112 valence electrons. The third-order valence-electron chi connectivity index (χ3n) is 2.88. The van der Waals surface area contributed by atoms with Crippen LogP contribution in [0.15, 0.2) is 52.3 Å². The van der Waals surface area contributed by atoms with E-state index in [0.29, 0.717) is 0 Å². The molecule has 2 aromatic rings. The van der Waals surface area contributed by atoms with Crippen LogP contribution in [0, 0.1) is 6.92 Å². The predicted octanol–water partition coefficient (Wildman–Crippen LogP) is 2.16. The Balaban J connectivity index is 2.92. The van der Waals surface area contributed by atoms with Gasteiger partial charge < -0.3 is 0 Å². The molecule has 0 fully saturated rings. The first kappa shape index (κ1) is 15.6. The van der Waals surface area contributed by atoms with Gasteiger partial charge in [-0.1, -0.05) is 35.9 Å². The summed E-state index contributed by atoms with van der Waals surface area (Å²) < 4.78 is 64.4. The fourth-order valence-corrected chi connectivity index (χ4v) is 3.48. The Morgan fingerprint density at radius 3 is 1.57 bits per heavy atom. The van der Waals surface area contributed by atoms with Crippen molar-refractivity contribution in [3.8, 4) is 11.1 Å². The zero-order valence-electron chi connectivity index (χ0n) is 10.9. The highest BCUT2D eigenvalue weighted by atomic mass is 32.2. The number of hydrogen-bond donors (Lipinski definition) is 2. The van der Waals surface area contributed by atoms with E-state index in [0.717, 1.165) is 23.8 Å². The zero-order valence-corrected chi connectivity index (χ0v) is 12.5. The lowest BCUT2D eigenvalue weighted by Crippen LogP contribution is -2.07. The monoisotopic (exact) mass is 328 g/mol. The fraction of sp³-hybridized carbons (Fsp3) is 0.0769. The van der Waals surface area contributed by atoms with Crippen LogP contribution < -0.4 is 0 Å². The van der Waals surface area contributed by atoms with E-state index in [9.17, 15) is 25.9 Å². The van der Waals surface area contributed by atoms with Crippen LogP contribution >= 0.6 is 0 Å². The fourth-order valence-electron chi connectivity index (χ4n) is 1.95. The van der Waals surface area contributed by atoms with E-state index in [1.165, 1.54) is 12.1 Å². The van der Waals surface area contributed by atoms with Crippen molar-refractivity contribution in [3.05, 3.63) is 48.0 Å². The van der Waals surface area contributed by atoms with Crippen LogP contribution in [-0.2, 0) is 20.2 Å². The van der Waals surface area contributed by atoms with Gasteiger partial charge in [-0.05, 0) is 24.6 Å². The summed E-state index contributed by atoms with van der Waals surface area (Å²) in [5.74, 6) is 0. The van der Waals surface area contributed by atoms with Crippen LogP contribution in [0.25, 0.3) is 11.1 Å². The Morgan fingerprint density at radius 1 is 0.762 bits per heavy atom. The molecule has 0 spiro atoms. The summed E-state index contributed by atoms with van der Waals surface area (Å²) in [5.41, 5.74) is 0.875. The van der Waals surface area contributed by atoms with Crippen molar-refractivity contribution < 1.29 is 25.9 Å². The second kappa shape index (κ2) is 5.23. The molecule has 2 aromatic carbocycles. The molecule has 0 aromatic heterocycles. The SMILES string of the molecule is Cc1ccc(-c2c(S(=O)(=O)O)cccc2S(=O)(=O)O)cc1. The quantitative estimate of drug-likeness (QED) is 0.836. The van der Waals surface area contributed by atoms with Gasteiger partial charge in [0.1, 0.15) is 9.79 Å². The lowest BCUT2D eigenvalue weighted by molar-refractivity contribution is 0.482. The first-order chi connectivity index (χ1) is 9.60. The second-order valence-corrected chi connectivity index (χ2v) is 7.23. The van der Waals surface area contributed by atoms with Crippen molar-refractivity contribution in [1.29, 1.82) is 0 Å². The molecule has 0 heterocycles. The minimum Gasteiger partial charge on any atom is -0.282 e. The van der Waals surface area contributed by atoms with Crippen LogP contribution in [0.1, 0.15) is 5.56 Å². The topological polar surface area (TPSA) is 109 Å². The van der Waals surface area contributed by atoms with Crippen LogP contribution in [0.3, 0.4) is 0 Å². The van der Waals surface area contributed by atoms with Gasteiger partial charge in [-0.25, -0.2) is 0 Å². The second-order valence-electron chi connectivity index (χ2n) is 4.45. The summed E-state index contributed by atoms with van der Waals surface area (Å²) in [4.78, 5) is -1.16. The Hall–Kier alpha value is -1.74. The first-order valence-corrected chi connectivity index (χ1v) is 8.64. The van der Waals surface area contributed by atoms with E-state index in [-0.39, 0.29) is 11.1 Å². The van der Waals surface area contributed by atoms with E-state index in [4.69, 9.17) is 0 Å². The lowest BCUT2D eigenvalue weighted by Gasteiger charge is -2.11. The molecule has 0 atom stereocenters. The maximum absolute atomic E-state index is 11.5. The van der Waals surface area contributed by atoms with Gasteiger partial charge in [-0.3, -0.25) is 9.11 Å². The summed E-state index contributed by atoms with van der Waals surface area (Å²) in [6.07, 6.45) is 0. The van der Waals surface area contributed by atoms with Crippen LogP contribution in [-0.4, -0.2) is 25.9 Å². The Labute approximate surface area is 122 Å². The van der Waals surface area contributed by atoms with Gasteiger partial charge in [0.2, 0.25) is 0 Å². The number of aryl methyl sites for hydroxylation is 1. The molecular weight excluding hydrogens is 316 g/mol. The Bertz CT molecular complexity index is 831. The van der Waals surface area contributed by atoms with Crippen molar-refractivity contribution >= 4 is 20.2 Å². The van der Waals surface area contributed by atoms with Gasteiger partial charge in [-0.2, -0.15) is 16.8 Å². The maximum Gasteiger partial charge on any atom is 0.295 e. The molecule has 0 bridgehead atoms. The van der Waals surface area contributed by atoms with Crippen molar-refractivity contribution in [1.82, 2.24) is 0 Å². The molecule has 0 aliphatic heterocycles. The van der Waals surface area contributed by atoms with Crippen LogP contribution in [0.5, 0.6) is 0 Å². The van der Waals surface area contributed by atoms with E-state index in [1.807, 2.05) is 6.92 Å². The van der Waals surface area contributed by atoms with E-state index < -0.39 is 30.0 Å². The smallest absolute Gasteiger partial charge is 0.282 e. The molecular formula is C13H12O6S2. The summed E-state index contributed by atoms with van der Waals surface area (Å²) in [6, 6.07) is 9.60. The van der Waals surface area contributed by atoms with Gasteiger partial charge in [-0.15, -0.1) is 0 Å². The minimum absolute atomic E-state index is 0.251. The van der Waals surface area contributed by atoms with E-state index in [2.05, 4.69) is 0 Å². The van der Waals surface area contributed by atoms with E-state index in [1.54, 1.807) is 12.1 Å². The molecule has 21 heavy (non-hydrogen) atoms. The molecule has 0 aliphatic rings. The molecule has 0 saturated carbocycles. The Kier molecular flexibility index (Phi) is 3.89. The van der Waals surface area contributed by atoms with Gasteiger partial charge >= 0.3 is 0 Å². The average Bonchev–Trinajstić information content (AvgIpc) is 2.37. The van der Waals surface area contributed by atoms with Crippen molar-refractivity contribution in [3.63, 3.8) is 0 Å². The third-order valence-corrected chi connectivity index (χ3v) is 4.68. The largest absolute Gasteiger partial charge is 0.295 e. The van der Waals surface area contributed by atoms with Gasteiger partial charge in [0.15, 0.2) is 0 Å². The van der Waals surface area contributed by atoms with E-state index >= 15 is 0 Å². The lowest BCUT2D eigenvalue weighted by atomic mass is 10.0. The predicted molar refractivity (Wildman–Crippen MR) is 76.2 cm³/mol. The highest BCUT2D eigenvalue weighted by Crippen LogP contribution is 2.33. The number of hydrogen-bond acceptors (Lipinski definition) is 4. The van der Waals surface area contributed by atoms with Crippen LogP contribution in [0.2, 0.25) is 0 Å². The summed E-state index contributed by atoms with van der Waals surface area (Å²) in [5, 5.41) is 0. The molecule has 0 unspecified atom stereocenters. The van der Waals surface area contributed by atoms with Crippen LogP contribution in [0.4, 0.5) is 0 Å². The maximum atomic E-state index is 11.5. The molecule has 6 nitrogen and oxygen atoms in total. The standard InChI is InChI=1S/C13H12O6S2/c1-9-5-7-10(8-6-9)13-11(20(14,15)16)3-2-4-12(13)21(17,18)19/h2-8H,1H3,(H,14,15,16)(H,17,18,19). The zero-order chi connectivity index (χ0) is 15.8. The normalized spacial score (nSPS) is 12.3. The number of benzene rings is 2. The molecule has 0 aliphatic carbocycles. The van der Waals surface area contributed by atoms with Crippen molar-refractivity contribution in [2.24, 2.45) is 0 Å². The first-order valence-electron chi connectivity index (χ1n) is 5.76. The molecule has 0 saturated heterocycles. The average molecular weight is 328 g/mol. The summed E-state index contributed by atoms with van der Waals surface area (Å²) in [6.45, 7) is 1.81. The summed E-state index contributed by atoms with van der Waals surface area (Å²) in [7, 11) is -9.30. The summed E-state index contributed by atoms with van der Waals surface area (Å²) >= 11 is 0. The van der Waals surface area contributed by atoms with Gasteiger partial charge in [0.05, 0.1) is 0 Å². The molecule has 2 N–H and O–H groups in total. The number of rotatable bonds is 3. The van der Waals surface area contributed by atoms with Crippen molar-refractivity contribution in [2.75, 3.05) is 0 Å². The highest BCUT2D eigenvalue weighted by Gasteiger charge is 2.25. The van der Waals surface area contributed by atoms with Gasteiger partial charge in [0, 0.05) is 5.56 Å². The molecule has 0 amide bonds. The minimum atomic E-state index is -4.65. The third kappa shape index (κ3) is 3.30. The molecule has 0 radical (unpaired) electrons.